The smallest absolute Gasteiger partial charge is 0.322 e. The lowest BCUT2D eigenvalue weighted by atomic mass is 10.1. The van der Waals surface area contributed by atoms with E-state index in [1.807, 2.05) is 0 Å². The van der Waals surface area contributed by atoms with Crippen molar-refractivity contribution >= 4 is 29.3 Å². The number of nitrogens with zero attached hydrogens (tertiary/aromatic N) is 4. The molecule has 0 bridgehead atoms. The lowest BCUT2D eigenvalue weighted by Crippen LogP contribution is -2.11. The Morgan fingerprint density at radius 1 is 1.19 bits per heavy atom. The van der Waals surface area contributed by atoms with E-state index in [1.165, 1.54) is 29.2 Å². The molecule has 0 aliphatic heterocycles. The Balaban J connectivity index is 1.72. The lowest BCUT2D eigenvalue weighted by molar-refractivity contribution is -0.137. The fourth-order valence-corrected chi connectivity index (χ4v) is 2.45. The quantitative estimate of drug-likeness (QED) is 0.680. The molecule has 10 heteroatoms. The number of rotatable bonds is 4. The summed E-state index contributed by atoms with van der Waals surface area (Å²) < 4.78 is 40.0. The zero-order valence-electron chi connectivity index (χ0n) is 13.5. The second-order valence-electron chi connectivity index (χ2n) is 5.36. The first kappa shape index (κ1) is 18.6. The van der Waals surface area contributed by atoms with Gasteiger partial charge >= 0.3 is 6.18 Å². The summed E-state index contributed by atoms with van der Waals surface area (Å²) in [5.74, 6) is -0.585. The number of carbonyl (C=O) groups is 1. The fourth-order valence-electron chi connectivity index (χ4n) is 2.23. The third-order valence-electron chi connectivity index (χ3n) is 3.45. The van der Waals surface area contributed by atoms with Gasteiger partial charge in [-0.3, -0.25) is 4.79 Å². The van der Waals surface area contributed by atoms with Crippen LogP contribution >= 0.6 is 11.6 Å². The van der Waals surface area contributed by atoms with Gasteiger partial charge < -0.3 is 5.32 Å². The van der Waals surface area contributed by atoms with Gasteiger partial charge in [-0.1, -0.05) is 23.7 Å². The minimum absolute atomic E-state index is 0.0104. The van der Waals surface area contributed by atoms with Crippen LogP contribution in [0.1, 0.15) is 11.1 Å². The third-order valence-corrected chi connectivity index (χ3v) is 3.78. The number of benzene rings is 2. The standard InChI is InChI=1S/C17H11ClF3N5O/c18-15-6-5-12(9-14(15)17(19,20)21)23-16(27)7-4-11-2-1-3-13(8-11)26-10-22-24-25-26/h1-10H,(H,23,27). The van der Waals surface area contributed by atoms with E-state index >= 15 is 0 Å². The second kappa shape index (κ2) is 7.58. The van der Waals surface area contributed by atoms with Gasteiger partial charge in [0, 0.05) is 11.8 Å². The van der Waals surface area contributed by atoms with Crippen molar-refractivity contribution in [2.45, 2.75) is 6.18 Å². The van der Waals surface area contributed by atoms with Gasteiger partial charge in [-0.05, 0) is 52.4 Å². The number of hydrogen-bond donors (Lipinski definition) is 1. The van der Waals surface area contributed by atoms with Crippen LogP contribution in [0.3, 0.4) is 0 Å². The Kier molecular flexibility index (Phi) is 5.22. The van der Waals surface area contributed by atoms with Crippen LogP contribution in [0, 0.1) is 0 Å². The highest BCUT2D eigenvalue weighted by Crippen LogP contribution is 2.36. The van der Waals surface area contributed by atoms with E-state index in [9.17, 15) is 18.0 Å². The second-order valence-corrected chi connectivity index (χ2v) is 5.77. The minimum Gasteiger partial charge on any atom is -0.322 e. The van der Waals surface area contributed by atoms with Crippen LogP contribution in [0.4, 0.5) is 18.9 Å². The van der Waals surface area contributed by atoms with Crippen molar-refractivity contribution < 1.29 is 18.0 Å². The van der Waals surface area contributed by atoms with Gasteiger partial charge in [-0.2, -0.15) is 13.2 Å². The number of alkyl halides is 3. The Labute approximate surface area is 156 Å². The highest BCUT2D eigenvalue weighted by Gasteiger charge is 2.33. The molecule has 0 radical (unpaired) electrons. The fraction of sp³-hybridized carbons (Fsp3) is 0.0588. The van der Waals surface area contributed by atoms with E-state index < -0.39 is 22.7 Å². The topological polar surface area (TPSA) is 72.7 Å². The van der Waals surface area contributed by atoms with Gasteiger partial charge in [0.15, 0.2) is 0 Å². The zero-order valence-corrected chi connectivity index (χ0v) is 14.2. The van der Waals surface area contributed by atoms with Crippen LogP contribution in [0.25, 0.3) is 11.8 Å². The van der Waals surface area contributed by atoms with Crippen molar-refractivity contribution in [1.29, 1.82) is 0 Å². The number of halogens is 4. The number of tetrazole rings is 1. The average molecular weight is 394 g/mol. The van der Waals surface area contributed by atoms with Crippen LogP contribution in [0.2, 0.25) is 5.02 Å². The predicted molar refractivity (Wildman–Crippen MR) is 93.3 cm³/mol. The molecule has 27 heavy (non-hydrogen) atoms. The van der Waals surface area contributed by atoms with E-state index in [1.54, 1.807) is 24.3 Å². The first-order valence-electron chi connectivity index (χ1n) is 7.52. The molecular formula is C17H11ClF3N5O. The largest absolute Gasteiger partial charge is 0.417 e. The first-order valence-corrected chi connectivity index (χ1v) is 7.90. The van der Waals surface area contributed by atoms with Crippen molar-refractivity contribution in [3.05, 3.63) is 71.0 Å². The minimum atomic E-state index is -4.61. The van der Waals surface area contributed by atoms with E-state index in [0.717, 1.165) is 12.1 Å². The number of carbonyl (C=O) groups excluding carboxylic acids is 1. The molecule has 1 aromatic heterocycles. The molecular weight excluding hydrogens is 383 g/mol. The van der Waals surface area contributed by atoms with Crippen LogP contribution < -0.4 is 5.32 Å². The molecule has 0 atom stereocenters. The monoisotopic (exact) mass is 393 g/mol. The third kappa shape index (κ3) is 4.70. The highest BCUT2D eigenvalue weighted by molar-refractivity contribution is 6.31. The summed E-state index contributed by atoms with van der Waals surface area (Å²) in [4.78, 5) is 12.0. The van der Waals surface area contributed by atoms with Crippen LogP contribution in [-0.4, -0.2) is 26.1 Å². The Hall–Kier alpha value is -3.20. The van der Waals surface area contributed by atoms with Gasteiger partial charge in [-0.15, -0.1) is 5.10 Å². The number of nitrogens with one attached hydrogen (secondary N) is 1. The SMILES string of the molecule is O=C(C=Cc1cccc(-n2cnnn2)c1)Nc1ccc(Cl)c(C(F)(F)F)c1. The van der Waals surface area contributed by atoms with Crippen molar-refractivity contribution in [3.63, 3.8) is 0 Å². The number of hydrogen-bond acceptors (Lipinski definition) is 4. The molecule has 1 heterocycles. The maximum atomic E-state index is 12.9. The van der Waals surface area contributed by atoms with Crippen molar-refractivity contribution in [3.8, 4) is 5.69 Å². The van der Waals surface area contributed by atoms with E-state index in [2.05, 4.69) is 20.8 Å². The van der Waals surface area contributed by atoms with Crippen LogP contribution in [0.15, 0.2) is 54.9 Å². The van der Waals surface area contributed by atoms with Crippen molar-refractivity contribution in [2.75, 3.05) is 5.32 Å². The van der Waals surface area contributed by atoms with Crippen LogP contribution in [0.5, 0.6) is 0 Å². The van der Waals surface area contributed by atoms with Gasteiger partial charge in [-0.25, -0.2) is 4.68 Å². The average Bonchev–Trinajstić information content (AvgIpc) is 3.16. The maximum Gasteiger partial charge on any atom is 0.417 e. The summed E-state index contributed by atoms with van der Waals surface area (Å²) in [7, 11) is 0. The summed E-state index contributed by atoms with van der Waals surface area (Å²) >= 11 is 5.55. The molecule has 0 fully saturated rings. The maximum absolute atomic E-state index is 12.9. The van der Waals surface area contributed by atoms with Gasteiger partial charge in [0.2, 0.25) is 5.91 Å². The number of anilines is 1. The van der Waals surface area contributed by atoms with E-state index in [-0.39, 0.29) is 5.69 Å². The summed E-state index contributed by atoms with van der Waals surface area (Å²) in [6, 6.07) is 10.2. The normalized spacial score (nSPS) is 11.7. The van der Waals surface area contributed by atoms with E-state index in [0.29, 0.717) is 11.3 Å². The van der Waals surface area contributed by atoms with Gasteiger partial charge in [0.1, 0.15) is 6.33 Å². The predicted octanol–water partition coefficient (Wildman–Crippen LogP) is 3.99. The molecule has 0 saturated carbocycles. The Morgan fingerprint density at radius 2 is 2.00 bits per heavy atom. The number of amides is 1. The van der Waals surface area contributed by atoms with Crippen LogP contribution in [-0.2, 0) is 11.0 Å². The molecule has 2 aromatic carbocycles. The molecule has 0 saturated heterocycles. The summed E-state index contributed by atoms with van der Waals surface area (Å²) in [5, 5.41) is 12.8. The number of aromatic nitrogens is 4. The van der Waals surface area contributed by atoms with Gasteiger partial charge in [0.25, 0.3) is 0 Å². The molecule has 0 aliphatic rings. The molecule has 0 unspecified atom stereocenters. The molecule has 1 N–H and O–H groups in total. The summed E-state index contributed by atoms with van der Waals surface area (Å²) in [5.41, 5.74) is 0.351. The molecule has 1 amide bonds. The van der Waals surface area contributed by atoms with Crippen molar-refractivity contribution in [1.82, 2.24) is 20.2 Å². The molecule has 138 valence electrons. The zero-order chi connectivity index (χ0) is 19.4. The van der Waals surface area contributed by atoms with Gasteiger partial charge in [0.05, 0.1) is 16.3 Å². The molecule has 3 rings (SSSR count). The van der Waals surface area contributed by atoms with E-state index in [4.69, 9.17) is 11.6 Å². The van der Waals surface area contributed by atoms with Crippen molar-refractivity contribution in [2.24, 2.45) is 0 Å². The Bertz CT molecular complexity index is 986. The Morgan fingerprint density at radius 3 is 2.70 bits per heavy atom. The first-order chi connectivity index (χ1) is 12.8. The molecule has 0 spiro atoms. The molecule has 3 aromatic rings. The molecule has 0 aliphatic carbocycles. The lowest BCUT2D eigenvalue weighted by Gasteiger charge is -2.11. The highest BCUT2D eigenvalue weighted by atomic mass is 35.5. The molecule has 6 nitrogen and oxygen atoms in total. The summed E-state index contributed by atoms with van der Waals surface area (Å²) in [6.45, 7) is 0. The summed E-state index contributed by atoms with van der Waals surface area (Å²) in [6.07, 6.45) is -0.455.